The number of thiazole rings is 1. The van der Waals surface area contributed by atoms with Crippen molar-refractivity contribution in [3.05, 3.63) is 39.5 Å². The Morgan fingerprint density at radius 2 is 2.03 bits per heavy atom. The number of nitrogens with zero attached hydrogens (tertiary/aromatic N) is 3. The van der Waals surface area contributed by atoms with Gasteiger partial charge in [-0.1, -0.05) is 6.07 Å². The van der Waals surface area contributed by atoms with Crippen LogP contribution in [0.15, 0.2) is 18.3 Å². The third-order valence-corrected chi connectivity index (χ3v) is 7.74. The summed E-state index contributed by atoms with van der Waals surface area (Å²) in [6.07, 6.45) is 7.07. The lowest BCUT2D eigenvalue weighted by Crippen LogP contribution is -2.38. The molecule has 0 radical (unpaired) electrons. The molecule has 1 fully saturated rings. The third-order valence-electron chi connectivity index (χ3n) is 6.83. The molecule has 34 heavy (non-hydrogen) atoms. The van der Waals surface area contributed by atoms with Gasteiger partial charge in [0.1, 0.15) is 0 Å². The average molecular weight is 493 g/mol. The zero-order chi connectivity index (χ0) is 23.9. The predicted octanol–water partition coefficient (Wildman–Crippen LogP) is 4.20. The van der Waals surface area contributed by atoms with Crippen LogP contribution in [0.3, 0.4) is 0 Å². The molecule has 0 bridgehead atoms. The van der Waals surface area contributed by atoms with Gasteiger partial charge in [-0.2, -0.15) is 0 Å². The minimum Gasteiger partial charge on any atom is -0.472 e. The summed E-state index contributed by atoms with van der Waals surface area (Å²) >= 11 is 1.59. The quantitative estimate of drug-likeness (QED) is 0.568. The first-order valence-corrected chi connectivity index (χ1v) is 13.1. The summed E-state index contributed by atoms with van der Waals surface area (Å²) < 4.78 is 29.9. The molecule has 2 aromatic heterocycles. The van der Waals surface area contributed by atoms with Gasteiger partial charge < -0.3 is 15.0 Å². The summed E-state index contributed by atoms with van der Waals surface area (Å²) in [5, 5.41) is 4.21. The summed E-state index contributed by atoms with van der Waals surface area (Å²) in [7, 11) is 0. The number of nitrogens with one attached hydrogen (secondary N) is 1. The number of alkyl halides is 2. The van der Waals surface area contributed by atoms with Gasteiger partial charge in [0.05, 0.1) is 11.4 Å². The Balaban J connectivity index is 1.15. The van der Waals surface area contributed by atoms with Crippen LogP contribution in [0.5, 0.6) is 5.88 Å². The number of rotatable bonds is 9. The van der Waals surface area contributed by atoms with E-state index in [4.69, 9.17) is 4.74 Å². The van der Waals surface area contributed by atoms with Crippen LogP contribution < -0.4 is 10.1 Å². The minimum absolute atomic E-state index is 0.104. The monoisotopic (exact) mass is 492 g/mol. The van der Waals surface area contributed by atoms with E-state index in [-0.39, 0.29) is 11.9 Å². The lowest BCUT2D eigenvalue weighted by molar-refractivity contribution is -0.121. The van der Waals surface area contributed by atoms with Crippen molar-refractivity contribution < 1.29 is 18.3 Å². The fraction of sp³-hybridized carbons (Fsp3) is 0.640. The molecule has 1 aliphatic carbocycles. The molecule has 1 amide bonds. The highest BCUT2D eigenvalue weighted by molar-refractivity contribution is 7.11. The normalized spacial score (nSPS) is 21.2. The Labute approximate surface area is 204 Å². The topological polar surface area (TPSA) is 67.4 Å². The second-order valence-electron chi connectivity index (χ2n) is 9.40. The smallest absolute Gasteiger partial charge is 0.272 e. The number of ether oxygens (including phenoxy) is 1. The van der Waals surface area contributed by atoms with E-state index in [9.17, 15) is 13.6 Å². The number of fused-ring (bicyclic) bond motifs is 1. The molecule has 0 aromatic carbocycles. The zero-order valence-electron chi connectivity index (χ0n) is 19.8. The SMILES string of the molecule is Cc1ncc(CC(=O)N[C@H]2CC[C@H](CCN3CCc4ccc(OCC(F)F)nc4CC3)CC2)s1. The van der Waals surface area contributed by atoms with Gasteiger partial charge in [-0.25, -0.2) is 18.7 Å². The second kappa shape index (κ2) is 12.0. The first-order chi connectivity index (χ1) is 16.4. The molecule has 0 spiro atoms. The molecule has 0 atom stereocenters. The molecule has 2 aromatic rings. The number of halogens is 2. The first-order valence-electron chi connectivity index (χ1n) is 12.3. The van der Waals surface area contributed by atoms with Crippen LogP contribution in [-0.4, -0.2) is 59.5 Å². The molecular weight excluding hydrogens is 458 g/mol. The molecule has 186 valence electrons. The van der Waals surface area contributed by atoms with Crippen molar-refractivity contribution in [3.63, 3.8) is 0 Å². The van der Waals surface area contributed by atoms with Gasteiger partial charge in [0.25, 0.3) is 6.43 Å². The second-order valence-corrected chi connectivity index (χ2v) is 10.7. The third kappa shape index (κ3) is 7.43. The summed E-state index contributed by atoms with van der Waals surface area (Å²) in [6.45, 7) is 4.33. The number of aryl methyl sites for hydroxylation is 1. The highest BCUT2D eigenvalue weighted by Crippen LogP contribution is 2.28. The van der Waals surface area contributed by atoms with Crippen molar-refractivity contribution in [2.75, 3.05) is 26.2 Å². The summed E-state index contributed by atoms with van der Waals surface area (Å²) in [5.41, 5.74) is 2.16. The van der Waals surface area contributed by atoms with E-state index in [2.05, 4.69) is 20.2 Å². The molecule has 2 aliphatic rings. The molecule has 1 N–H and O–H groups in total. The van der Waals surface area contributed by atoms with E-state index in [0.29, 0.717) is 18.2 Å². The fourth-order valence-corrected chi connectivity index (χ4v) is 5.74. The van der Waals surface area contributed by atoms with Crippen LogP contribution in [0.4, 0.5) is 8.78 Å². The van der Waals surface area contributed by atoms with Crippen LogP contribution in [0.1, 0.15) is 53.2 Å². The Bertz CT molecular complexity index is 947. The van der Waals surface area contributed by atoms with Crippen LogP contribution in [-0.2, 0) is 24.1 Å². The summed E-state index contributed by atoms with van der Waals surface area (Å²) in [6, 6.07) is 3.96. The molecule has 9 heteroatoms. The summed E-state index contributed by atoms with van der Waals surface area (Å²) in [5.74, 6) is 1.10. The van der Waals surface area contributed by atoms with Gasteiger partial charge in [0.15, 0.2) is 6.61 Å². The molecule has 1 aliphatic heterocycles. The number of hydrogen-bond donors (Lipinski definition) is 1. The molecule has 0 unspecified atom stereocenters. The maximum Gasteiger partial charge on any atom is 0.272 e. The van der Waals surface area contributed by atoms with Gasteiger partial charge in [0, 0.05) is 48.4 Å². The highest BCUT2D eigenvalue weighted by Gasteiger charge is 2.24. The number of carbonyl (C=O) groups excluding carboxylic acids is 1. The molecule has 3 heterocycles. The van der Waals surface area contributed by atoms with Crippen molar-refractivity contribution in [1.29, 1.82) is 0 Å². The fourth-order valence-electron chi connectivity index (χ4n) is 4.95. The summed E-state index contributed by atoms with van der Waals surface area (Å²) in [4.78, 5) is 24.5. The maximum atomic E-state index is 12.4. The first kappa shape index (κ1) is 25.0. The number of carbonyl (C=O) groups is 1. The van der Waals surface area contributed by atoms with E-state index in [0.717, 1.165) is 73.7 Å². The van der Waals surface area contributed by atoms with Crippen molar-refractivity contribution in [1.82, 2.24) is 20.2 Å². The standard InChI is InChI=1S/C25H34F2N4O2S/c1-17-28-15-21(34-17)14-24(32)29-20-5-2-18(3-6-20)8-11-31-12-9-19-4-7-25(33-16-23(26)27)30-22(19)10-13-31/h4,7,15,18,20,23H,2-3,5-6,8-14,16H2,1H3,(H,29,32)/t18-,20-. The minimum atomic E-state index is -2.49. The Kier molecular flexibility index (Phi) is 8.83. The number of aromatic nitrogens is 2. The maximum absolute atomic E-state index is 12.4. The largest absolute Gasteiger partial charge is 0.472 e. The molecular formula is C25H34F2N4O2S. The zero-order valence-corrected chi connectivity index (χ0v) is 20.6. The number of pyridine rings is 1. The van der Waals surface area contributed by atoms with Gasteiger partial charge in [-0.15, -0.1) is 11.3 Å². The van der Waals surface area contributed by atoms with E-state index in [1.807, 2.05) is 13.0 Å². The van der Waals surface area contributed by atoms with Crippen molar-refractivity contribution in [2.24, 2.45) is 5.92 Å². The lowest BCUT2D eigenvalue weighted by atomic mass is 9.84. The highest BCUT2D eigenvalue weighted by atomic mass is 32.1. The predicted molar refractivity (Wildman–Crippen MR) is 129 cm³/mol. The lowest BCUT2D eigenvalue weighted by Gasteiger charge is -2.30. The van der Waals surface area contributed by atoms with E-state index in [1.54, 1.807) is 23.6 Å². The van der Waals surface area contributed by atoms with Gasteiger partial charge >= 0.3 is 0 Å². The Hall–Kier alpha value is -2.13. The number of amides is 1. The van der Waals surface area contributed by atoms with Crippen LogP contribution in [0, 0.1) is 12.8 Å². The van der Waals surface area contributed by atoms with Crippen LogP contribution in [0.25, 0.3) is 0 Å². The van der Waals surface area contributed by atoms with Gasteiger partial charge in [-0.3, -0.25) is 4.79 Å². The van der Waals surface area contributed by atoms with Gasteiger partial charge in [0.2, 0.25) is 11.8 Å². The number of hydrogen-bond acceptors (Lipinski definition) is 6. The molecule has 0 saturated heterocycles. The molecule has 1 saturated carbocycles. The molecule has 6 nitrogen and oxygen atoms in total. The van der Waals surface area contributed by atoms with Crippen molar-refractivity contribution in [2.45, 2.75) is 70.8 Å². The van der Waals surface area contributed by atoms with Gasteiger partial charge in [-0.05, 0) is 63.5 Å². The average Bonchev–Trinajstić information content (AvgIpc) is 3.11. The van der Waals surface area contributed by atoms with Crippen LogP contribution >= 0.6 is 11.3 Å². The van der Waals surface area contributed by atoms with Crippen molar-refractivity contribution in [3.8, 4) is 5.88 Å². The van der Waals surface area contributed by atoms with E-state index in [1.165, 1.54) is 12.0 Å². The molecule has 4 rings (SSSR count). The van der Waals surface area contributed by atoms with Crippen molar-refractivity contribution >= 4 is 17.2 Å². The Morgan fingerprint density at radius 3 is 2.76 bits per heavy atom. The van der Waals surface area contributed by atoms with E-state index >= 15 is 0 Å². The van der Waals surface area contributed by atoms with E-state index < -0.39 is 13.0 Å². The Morgan fingerprint density at radius 1 is 1.24 bits per heavy atom. The van der Waals surface area contributed by atoms with Crippen LogP contribution in [0.2, 0.25) is 0 Å².